The van der Waals surface area contributed by atoms with E-state index in [9.17, 15) is 0 Å². The maximum atomic E-state index is 7.00. The number of rotatable bonds is 8. The molecule has 0 spiro atoms. The van der Waals surface area contributed by atoms with Gasteiger partial charge in [-0.25, -0.2) is 0 Å². The zero-order valence-corrected chi connectivity index (χ0v) is 24.0. The van der Waals surface area contributed by atoms with Crippen LogP contribution < -0.4 is 0 Å². The maximum absolute atomic E-state index is 7.00. The van der Waals surface area contributed by atoms with Crippen LogP contribution in [-0.2, 0) is 0 Å². The van der Waals surface area contributed by atoms with Crippen LogP contribution in [0.3, 0.4) is 0 Å². The minimum absolute atomic E-state index is 0.515. The number of hydrogen-bond donors (Lipinski definition) is 1. The van der Waals surface area contributed by atoms with E-state index in [2.05, 4.69) is 46.4 Å². The fourth-order valence-corrected chi connectivity index (χ4v) is 9.58. The van der Waals surface area contributed by atoms with Crippen LogP contribution in [0, 0.1) is 52.8 Å². The largest absolute Gasteiger partial charge is 0.400 e. The summed E-state index contributed by atoms with van der Waals surface area (Å²) in [7, 11) is 1.00. The van der Waals surface area contributed by atoms with Gasteiger partial charge in [-0.2, -0.15) is 15.3 Å². The molecular weight excluding hydrogens is 430 g/mol. The number of nitrogens with zero attached hydrogens (tertiary/aromatic N) is 3. The van der Waals surface area contributed by atoms with Crippen LogP contribution in [0.25, 0.3) is 0 Å². The van der Waals surface area contributed by atoms with Gasteiger partial charge in [0.2, 0.25) is 0 Å². The maximum Gasteiger partial charge on any atom is 0.0635 e. The molecular formula is C31H57N3O. The molecule has 0 amide bonds. The van der Waals surface area contributed by atoms with Gasteiger partial charge in [0, 0.05) is 19.5 Å². The van der Waals surface area contributed by atoms with Gasteiger partial charge in [0.15, 0.2) is 0 Å². The lowest BCUT2D eigenvalue weighted by Crippen LogP contribution is -2.54. The summed E-state index contributed by atoms with van der Waals surface area (Å²) in [4.78, 5) is 0. The van der Waals surface area contributed by atoms with E-state index in [1.54, 1.807) is 12.8 Å². The standard InChI is InChI=1S/C30H53N3.CH4O/c1-7-10-23-13-15-25-24(19-23)14-16-27-26(25)17-18-30(5)28(11-9-12-29(27)30)21(3)20-33(31-6)32-22(4)8-2;1-2/h21,23-29H,6-20H2,1-5H3;2H,1H3/b32-22-;. The Balaban J connectivity index is 0.00000167. The first-order valence-electron chi connectivity index (χ1n) is 15.1. The average molecular weight is 488 g/mol. The number of fused-ring (bicyclic) bond motifs is 5. The van der Waals surface area contributed by atoms with Crippen molar-refractivity contribution in [2.45, 2.75) is 118 Å². The first-order chi connectivity index (χ1) is 16.9. The summed E-state index contributed by atoms with van der Waals surface area (Å²) in [5, 5.41) is 17.9. The van der Waals surface area contributed by atoms with Crippen molar-refractivity contribution in [3.05, 3.63) is 0 Å². The molecule has 9 atom stereocenters. The van der Waals surface area contributed by atoms with E-state index in [-0.39, 0.29) is 0 Å². The highest BCUT2D eigenvalue weighted by Crippen LogP contribution is 2.64. The number of hydrogen-bond acceptors (Lipinski definition) is 4. The molecule has 0 aliphatic heterocycles. The number of hydrazone groups is 2. The molecule has 4 heteroatoms. The van der Waals surface area contributed by atoms with E-state index in [0.717, 1.165) is 67.2 Å². The van der Waals surface area contributed by atoms with E-state index < -0.39 is 0 Å². The molecule has 4 aliphatic rings. The first kappa shape index (κ1) is 28.7. The van der Waals surface area contributed by atoms with Crippen molar-refractivity contribution in [3.63, 3.8) is 0 Å². The number of aliphatic hydroxyl groups excluding tert-OH is 1. The van der Waals surface area contributed by atoms with Gasteiger partial charge in [-0.15, -0.1) is 0 Å². The second kappa shape index (κ2) is 13.1. The van der Waals surface area contributed by atoms with Crippen molar-refractivity contribution in [3.8, 4) is 0 Å². The highest BCUT2D eigenvalue weighted by atomic mass is 16.2. The van der Waals surface area contributed by atoms with Crippen molar-refractivity contribution < 1.29 is 5.11 Å². The monoisotopic (exact) mass is 487 g/mol. The van der Waals surface area contributed by atoms with Gasteiger partial charge in [-0.3, -0.25) is 0 Å². The van der Waals surface area contributed by atoms with Crippen LogP contribution in [0.2, 0.25) is 0 Å². The Morgan fingerprint density at radius 1 is 1.03 bits per heavy atom. The second-order valence-corrected chi connectivity index (χ2v) is 12.8. The molecule has 0 saturated heterocycles. The fourth-order valence-electron chi connectivity index (χ4n) is 9.58. The van der Waals surface area contributed by atoms with Gasteiger partial charge in [0.05, 0.1) is 6.54 Å². The third kappa shape index (κ3) is 6.16. The zero-order chi connectivity index (χ0) is 25.6. The van der Waals surface area contributed by atoms with Gasteiger partial charge in [0.1, 0.15) is 0 Å². The van der Waals surface area contributed by atoms with Crippen molar-refractivity contribution in [1.29, 1.82) is 0 Å². The molecule has 0 bridgehead atoms. The molecule has 0 heterocycles. The predicted octanol–water partition coefficient (Wildman–Crippen LogP) is 8.01. The Morgan fingerprint density at radius 2 is 1.77 bits per heavy atom. The molecule has 0 radical (unpaired) electrons. The molecule has 0 aromatic carbocycles. The fraction of sp³-hybridized carbons (Fsp3) is 0.935. The summed E-state index contributed by atoms with van der Waals surface area (Å²) in [6.45, 7) is 16.6. The van der Waals surface area contributed by atoms with Crippen LogP contribution in [0.4, 0.5) is 0 Å². The van der Waals surface area contributed by atoms with Crippen molar-refractivity contribution >= 4 is 12.4 Å². The highest BCUT2D eigenvalue weighted by molar-refractivity contribution is 5.81. The Kier molecular flexibility index (Phi) is 10.7. The van der Waals surface area contributed by atoms with E-state index in [0.29, 0.717) is 11.3 Å². The van der Waals surface area contributed by atoms with Crippen molar-refractivity contribution in [2.24, 2.45) is 63.0 Å². The highest BCUT2D eigenvalue weighted by Gasteiger charge is 2.56. The summed E-state index contributed by atoms with van der Waals surface area (Å²) >= 11 is 0. The molecule has 0 aromatic rings. The molecule has 1 N–H and O–H groups in total. The van der Waals surface area contributed by atoms with Crippen LogP contribution in [0.5, 0.6) is 0 Å². The molecule has 35 heavy (non-hydrogen) atoms. The van der Waals surface area contributed by atoms with Gasteiger partial charge in [0.25, 0.3) is 0 Å². The van der Waals surface area contributed by atoms with Gasteiger partial charge < -0.3 is 5.11 Å². The summed E-state index contributed by atoms with van der Waals surface area (Å²) < 4.78 is 0. The molecule has 4 fully saturated rings. The predicted molar refractivity (Wildman–Crippen MR) is 151 cm³/mol. The molecule has 4 aliphatic carbocycles. The second-order valence-electron chi connectivity index (χ2n) is 12.8. The van der Waals surface area contributed by atoms with Crippen molar-refractivity contribution in [1.82, 2.24) is 5.12 Å². The summed E-state index contributed by atoms with van der Waals surface area (Å²) in [6, 6.07) is 0. The van der Waals surface area contributed by atoms with Gasteiger partial charge in [-0.05, 0) is 117 Å². The van der Waals surface area contributed by atoms with Crippen LogP contribution in [-0.4, -0.2) is 36.3 Å². The molecule has 4 saturated carbocycles. The van der Waals surface area contributed by atoms with Crippen LogP contribution in [0.15, 0.2) is 10.2 Å². The molecule has 4 nitrogen and oxygen atoms in total. The summed E-state index contributed by atoms with van der Waals surface area (Å²) in [5.41, 5.74) is 1.66. The van der Waals surface area contributed by atoms with Crippen molar-refractivity contribution in [2.75, 3.05) is 13.7 Å². The van der Waals surface area contributed by atoms with E-state index in [1.807, 2.05) is 5.12 Å². The Hall–Kier alpha value is -0.900. The van der Waals surface area contributed by atoms with E-state index in [1.165, 1.54) is 64.2 Å². The quantitative estimate of drug-likeness (QED) is 0.278. The molecule has 0 aromatic heterocycles. The lowest BCUT2D eigenvalue weighted by Gasteiger charge is -2.61. The van der Waals surface area contributed by atoms with Gasteiger partial charge in [-0.1, -0.05) is 53.4 Å². The summed E-state index contributed by atoms with van der Waals surface area (Å²) in [6.07, 6.45) is 18.9. The molecule has 9 unspecified atom stereocenters. The number of aliphatic hydroxyl groups is 1. The lowest BCUT2D eigenvalue weighted by molar-refractivity contribution is -0.122. The minimum Gasteiger partial charge on any atom is -0.400 e. The van der Waals surface area contributed by atoms with Crippen LogP contribution >= 0.6 is 0 Å². The SMILES string of the molecule is C=NN(CC(C)C1CCCC2C3CCC4CC(CCC)CCC4C3CCC12C)/N=C(/C)CC.CO. The van der Waals surface area contributed by atoms with E-state index in [4.69, 9.17) is 10.2 Å². The normalized spacial score (nSPS) is 39.7. The Bertz CT molecular complexity index is 693. The third-order valence-corrected chi connectivity index (χ3v) is 11.2. The van der Waals surface area contributed by atoms with E-state index >= 15 is 0 Å². The third-order valence-electron chi connectivity index (χ3n) is 11.2. The first-order valence-corrected chi connectivity index (χ1v) is 15.1. The Labute approximate surface area is 217 Å². The van der Waals surface area contributed by atoms with Crippen LogP contribution in [0.1, 0.15) is 118 Å². The minimum atomic E-state index is 0.515. The smallest absolute Gasteiger partial charge is 0.0635 e. The molecule has 202 valence electrons. The topological polar surface area (TPSA) is 48.2 Å². The lowest BCUT2D eigenvalue weighted by atomic mass is 9.44. The summed E-state index contributed by atoms with van der Waals surface area (Å²) in [5.74, 6) is 7.60. The zero-order valence-electron chi connectivity index (χ0n) is 24.0. The molecule has 4 rings (SSSR count). The average Bonchev–Trinajstić information content (AvgIpc) is 2.88. The van der Waals surface area contributed by atoms with Gasteiger partial charge >= 0.3 is 0 Å². The Morgan fingerprint density at radius 3 is 2.46 bits per heavy atom.